The molecular weight excluding hydrogens is 288 g/mol. The highest BCUT2D eigenvalue weighted by atomic mass is 35.5. The summed E-state index contributed by atoms with van der Waals surface area (Å²) < 4.78 is 5.57. The number of amides is 1. The molecule has 0 aromatic heterocycles. The largest absolute Gasteiger partial charge is 0.484 e. The molecule has 1 aliphatic heterocycles. The summed E-state index contributed by atoms with van der Waals surface area (Å²) in [5, 5.41) is 4.15. The molecule has 0 bridgehead atoms. The lowest BCUT2D eigenvalue weighted by Gasteiger charge is -2.39. The Bertz CT molecular complexity index is 464. The fraction of sp³-hybridized carbons (Fsp3) is 0.562. The van der Waals surface area contributed by atoms with Crippen LogP contribution in [0.3, 0.4) is 0 Å². The second-order valence-corrected chi connectivity index (χ2v) is 5.80. The standard InChI is InChI=1S/C16H23ClN2O2/c1-3-13-10-19(14(4-2)9-18-13)16(20)11-21-15-7-5-12(17)6-8-15/h5-8,13-14,18H,3-4,9-11H2,1-2H3. The summed E-state index contributed by atoms with van der Waals surface area (Å²) in [6, 6.07) is 7.71. The van der Waals surface area contributed by atoms with Gasteiger partial charge in [-0.1, -0.05) is 25.4 Å². The van der Waals surface area contributed by atoms with Crippen molar-refractivity contribution in [2.75, 3.05) is 19.7 Å². The Kier molecular flexibility index (Phi) is 5.88. The molecule has 21 heavy (non-hydrogen) atoms. The summed E-state index contributed by atoms with van der Waals surface area (Å²) in [7, 11) is 0. The van der Waals surface area contributed by atoms with Crippen LogP contribution in [0.25, 0.3) is 0 Å². The smallest absolute Gasteiger partial charge is 0.260 e. The maximum absolute atomic E-state index is 12.4. The molecule has 2 rings (SSSR count). The highest BCUT2D eigenvalue weighted by molar-refractivity contribution is 6.30. The highest BCUT2D eigenvalue weighted by Crippen LogP contribution is 2.17. The number of ether oxygens (including phenoxy) is 1. The topological polar surface area (TPSA) is 41.6 Å². The van der Waals surface area contributed by atoms with Crippen LogP contribution >= 0.6 is 11.6 Å². The molecule has 1 saturated heterocycles. The normalized spacial score (nSPS) is 22.1. The predicted molar refractivity (Wildman–Crippen MR) is 84.8 cm³/mol. The molecule has 1 fully saturated rings. The number of nitrogens with zero attached hydrogens (tertiary/aromatic N) is 1. The van der Waals surface area contributed by atoms with Gasteiger partial charge in [0, 0.05) is 30.2 Å². The molecule has 0 saturated carbocycles. The van der Waals surface area contributed by atoms with Crippen LogP contribution in [-0.4, -0.2) is 42.6 Å². The number of benzene rings is 1. The Hall–Kier alpha value is -1.26. The molecule has 5 heteroatoms. The van der Waals surface area contributed by atoms with E-state index in [-0.39, 0.29) is 18.6 Å². The van der Waals surface area contributed by atoms with Gasteiger partial charge in [0.1, 0.15) is 5.75 Å². The molecule has 1 aliphatic rings. The van der Waals surface area contributed by atoms with Crippen LogP contribution in [-0.2, 0) is 4.79 Å². The Morgan fingerprint density at radius 3 is 2.67 bits per heavy atom. The summed E-state index contributed by atoms with van der Waals surface area (Å²) in [4.78, 5) is 14.4. The molecule has 2 atom stereocenters. The van der Waals surface area contributed by atoms with E-state index in [1.165, 1.54) is 0 Å². The Balaban J connectivity index is 1.92. The number of nitrogens with one attached hydrogen (secondary N) is 1. The first-order valence-corrected chi connectivity index (χ1v) is 7.93. The second kappa shape index (κ2) is 7.66. The van der Waals surface area contributed by atoms with Gasteiger partial charge in [-0.25, -0.2) is 0 Å². The molecule has 2 unspecified atom stereocenters. The Morgan fingerprint density at radius 1 is 1.33 bits per heavy atom. The minimum atomic E-state index is 0.0525. The van der Waals surface area contributed by atoms with Crippen molar-refractivity contribution >= 4 is 17.5 Å². The van der Waals surface area contributed by atoms with Crippen molar-refractivity contribution in [1.82, 2.24) is 10.2 Å². The quantitative estimate of drug-likeness (QED) is 0.909. The van der Waals surface area contributed by atoms with Crippen molar-refractivity contribution in [1.29, 1.82) is 0 Å². The van der Waals surface area contributed by atoms with E-state index >= 15 is 0 Å². The summed E-state index contributed by atoms with van der Waals surface area (Å²) in [5.41, 5.74) is 0. The van der Waals surface area contributed by atoms with E-state index in [0.29, 0.717) is 16.8 Å². The van der Waals surface area contributed by atoms with Crippen molar-refractivity contribution in [2.24, 2.45) is 0 Å². The number of carbonyl (C=O) groups excluding carboxylic acids is 1. The molecule has 1 N–H and O–H groups in total. The van der Waals surface area contributed by atoms with Crippen LogP contribution in [0.15, 0.2) is 24.3 Å². The third-order valence-electron chi connectivity index (χ3n) is 3.96. The summed E-state index contributed by atoms with van der Waals surface area (Å²) in [6.45, 7) is 5.95. The summed E-state index contributed by atoms with van der Waals surface area (Å²) in [5.74, 6) is 0.722. The van der Waals surface area contributed by atoms with Gasteiger partial charge < -0.3 is 15.0 Å². The van der Waals surface area contributed by atoms with Gasteiger partial charge in [0.15, 0.2) is 6.61 Å². The lowest BCUT2D eigenvalue weighted by atomic mass is 10.1. The molecule has 1 heterocycles. The average Bonchev–Trinajstić information content (AvgIpc) is 2.53. The first-order valence-electron chi connectivity index (χ1n) is 7.55. The van der Waals surface area contributed by atoms with E-state index in [1.807, 2.05) is 4.90 Å². The van der Waals surface area contributed by atoms with E-state index in [9.17, 15) is 4.79 Å². The molecule has 1 aromatic rings. The van der Waals surface area contributed by atoms with Crippen LogP contribution in [0, 0.1) is 0 Å². The lowest BCUT2D eigenvalue weighted by Crippen LogP contribution is -2.58. The summed E-state index contributed by atoms with van der Waals surface area (Å²) >= 11 is 5.83. The lowest BCUT2D eigenvalue weighted by molar-refractivity contribution is -0.137. The molecule has 4 nitrogen and oxygen atoms in total. The predicted octanol–water partition coefficient (Wildman–Crippen LogP) is 2.71. The first kappa shape index (κ1) is 16.1. The number of halogens is 1. The number of carbonyl (C=O) groups is 1. The number of hydrogen-bond acceptors (Lipinski definition) is 3. The molecule has 1 aromatic carbocycles. The number of rotatable bonds is 5. The van der Waals surface area contributed by atoms with Crippen LogP contribution in [0.5, 0.6) is 5.75 Å². The minimum absolute atomic E-state index is 0.0525. The van der Waals surface area contributed by atoms with Crippen molar-refractivity contribution in [2.45, 2.75) is 38.8 Å². The van der Waals surface area contributed by atoms with Gasteiger partial charge >= 0.3 is 0 Å². The third-order valence-corrected chi connectivity index (χ3v) is 4.21. The molecule has 116 valence electrons. The van der Waals surface area contributed by atoms with Crippen LogP contribution in [0.1, 0.15) is 26.7 Å². The van der Waals surface area contributed by atoms with Crippen LogP contribution in [0.2, 0.25) is 5.02 Å². The fourth-order valence-corrected chi connectivity index (χ4v) is 2.69. The SMILES string of the molecule is CCC1CN(C(=O)COc2ccc(Cl)cc2)C(CC)CN1. The monoisotopic (exact) mass is 310 g/mol. The zero-order valence-electron chi connectivity index (χ0n) is 12.6. The molecular formula is C16H23ClN2O2. The molecule has 1 amide bonds. The maximum Gasteiger partial charge on any atom is 0.260 e. The first-order chi connectivity index (χ1) is 10.1. The average molecular weight is 311 g/mol. The van der Waals surface area contributed by atoms with Gasteiger partial charge in [0.25, 0.3) is 5.91 Å². The Labute approximate surface area is 131 Å². The van der Waals surface area contributed by atoms with Crippen molar-refractivity contribution in [3.8, 4) is 5.75 Å². The highest BCUT2D eigenvalue weighted by Gasteiger charge is 2.29. The number of piperazine rings is 1. The van der Waals surface area contributed by atoms with Gasteiger partial charge in [-0.15, -0.1) is 0 Å². The van der Waals surface area contributed by atoms with Gasteiger partial charge in [-0.05, 0) is 37.1 Å². The van der Waals surface area contributed by atoms with Crippen molar-refractivity contribution in [3.05, 3.63) is 29.3 Å². The fourth-order valence-electron chi connectivity index (χ4n) is 2.57. The van der Waals surface area contributed by atoms with Gasteiger partial charge in [-0.3, -0.25) is 4.79 Å². The second-order valence-electron chi connectivity index (χ2n) is 5.36. The molecule has 0 radical (unpaired) electrons. The van der Waals surface area contributed by atoms with Crippen LogP contribution < -0.4 is 10.1 Å². The van der Waals surface area contributed by atoms with Crippen LogP contribution in [0.4, 0.5) is 0 Å². The Morgan fingerprint density at radius 2 is 2.05 bits per heavy atom. The molecule has 0 aliphatic carbocycles. The van der Waals surface area contributed by atoms with Crippen molar-refractivity contribution < 1.29 is 9.53 Å². The van der Waals surface area contributed by atoms with E-state index in [1.54, 1.807) is 24.3 Å². The summed E-state index contributed by atoms with van der Waals surface area (Å²) in [6.07, 6.45) is 1.98. The van der Waals surface area contributed by atoms with Gasteiger partial charge in [0.05, 0.1) is 0 Å². The van der Waals surface area contributed by atoms with E-state index in [0.717, 1.165) is 25.9 Å². The minimum Gasteiger partial charge on any atom is -0.484 e. The zero-order chi connectivity index (χ0) is 15.2. The number of hydrogen-bond donors (Lipinski definition) is 1. The van der Waals surface area contributed by atoms with Crippen molar-refractivity contribution in [3.63, 3.8) is 0 Å². The van der Waals surface area contributed by atoms with E-state index < -0.39 is 0 Å². The van der Waals surface area contributed by atoms with Gasteiger partial charge in [0.2, 0.25) is 0 Å². The van der Waals surface area contributed by atoms with E-state index in [2.05, 4.69) is 19.2 Å². The van der Waals surface area contributed by atoms with E-state index in [4.69, 9.17) is 16.3 Å². The molecule has 0 spiro atoms. The zero-order valence-corrected chi connectivity index (χ0v) is 13.4. The maximum atomic E-state index is 12.4. The third kappa shape index (κ3) is 4.35. The van der Waals surface area contributed by atoms with Gasteiger partial charge in [-0.2, -0.15) is 0 Å².